The summed E-state index contributed by atoms with van der Waals surface area (Å²) in [5, 5.41) is 0. The summed E-state index contributed by atoms with van der Waals surface area (Å²) in [5.41, 5.74) is 3.07. The van der Waals surface area contributed by atoms with Gasteiger partial charge in [0.2, 0.25) is 10.0 Å². The van der Waals surface area contributed by atoms with Crippen LogP contribution >= 0.6 is 0 Å². The van der Waals surface area contributed by atoms with Gasteiger partial charge in [0.05, 0.1) is 10.4 Å². The van der Waals surface area contributed by atoms with E-state index in [1.165, 1.54) is 16.7 Å². The van der Waals surface area contributed by atoms with Crippen molar-refractivity contribution in [3.05, 3.63) is 64.1 Å². The fourth-order valence-electron chi connectivity index (χ4n) is 2.79. The molecular weight excluding hydrogens is 340 g/mol. The van der Waals surface area contributed by atoms with Crippen LogP contribution < -0.4 is 10.5 Å². The topological polar surface area (TPSA) is 81.3 Å². The minimum Gasteiger partial charge on any atom is -0.408 e. The van der Waals surface area contributed by atoms with E-state index in [0.717, 1.165) is 11.1 Å². The summed E-state index contributed by atoms with van der Waals surface area (Å²) in [7, 11) is -3.66. The largest absolute Gasteiger partial charge is 0.419 e. The highest BCUT2D eigenvalue weighted by atomic mass is 32.2. The first-order chi connectivity index (χ1) is 11.9. The average Bonchev–Trinajstić information content (AvgIpc) is 2.88. The van der Waals surface area contributed by atoms with Gasteiger partial charge in [-0.05, 0) is 38.0 Å². The lowest BCUT2D eigenvalue weighted by atomic mass is 10.1. The van der Waals surface area contributed by atoms with E-state index in [4.69, 9.17) is 4.42 Å². The maximum Gasteiger partial charge on any atom is 0.419 e. The van der Waals surface area contributed by atoms with Crippen LogP contribution in [0.1, 0.15) is 18.1 Å². The van der Waals surface area contributed by atoms with Gasteiger partial charge in [-0.25, -0.2) is 17.9 Å². The lowest BCUT2D eigenvalue weighted by Gasteiger charge is -2.07. The molecule has 0 saturated carbocycles. The number of hydrogen-bond donors (Lipinski definition) is 1. The Hall–Kier alpha value is -2.38. The molecule has 0 aliphatic carbocycles. The van der Waals surface area contributed by atoms with Gasteiger partial charge in [0, 0.05) is 19.2 Å². The molecule has 3 aromatic rings. The Bertz CT molecular complexity index is 1060. The molecule has 0 unspecified atom stereocenters. The number of fused-ring (bicyclic) bond motifs is 1. The number of nitrogens with zero attached hydrogens (tertiary/aromatic N) is 1. The van der Waals surface area contributed by atoms with Crippen LogP contribution in [0.25, 0.3) is 11.1 Å². The number of rotatable bonds is 6. The second kappa shape index (κ2) is 6.85. The van der Waals surface area contributed by atoms with Gasteiger partial charge in [0.1, 0.15) is 0 Å². The number of benzene rings is 2. The van der Waals surface area contributed by atoms with Crippen molar-refractivity contribution >= 4 is 21.1 Å². The maximum atomic E-state index is 12.5. The van der Waals surface area contributed by atoms with Crippen LogP contribution in [0, 0.1) is 6.92 Å². The minimum atomic E-state index is -3.66. The van der Waals surface area contributed by atoms with Crippen LogP contribution in [0.2, 0.25) is 0 Å². The Labute approximate surface area is 146 Å². The number of aryl methyl sites for hydroxylation is 2. The van der Waals surface area contributed by atoms with Gasteiger partial charge in [-0.3, -0.25) is 4.57 Å². The lowest BCUT2D eigenvalue weighted by Crippen LogP contribution is -2.26. The zero-order chi connectivity index (χ0) is 18.0. The number of sulfonamides is 1. The van der Waals surface area contributed by atoms with E-state index in [9.17, 15) is 13.2 Å². The van der Waals surface area contributed by atoms with Crippen LogP contribution in [-0.2, 0) is 23.0 Å². The van der Waals surface area contributed by atoms with Crippen molar-refractivity contribution in [2.75, 3.05) is 6.54 Å². The van der Waals surface area contributed by atoms with Crippen LogP contribution in [-0.4, -0.2) is 19.5 Å². The van der Waals surface area contributed by atoms with Crippen molar-refractivity contribution in [2.45, 2.75) is 31.7 Å². The number of aromatic nitrogens is 1. The predicted molar refractivity (Wildman–Crippen MR) is 96.2 cm³/mol. The Morgan fingerprint density at radius 2 is 1.96 bits per heavy atom. The van der Waals surface area contributed by atoms with Gasteiger partial charge in [-0.2, -0.15) is 0 Å². The third kappa shape index (κ3) is 3.67. The molecule has 0 amide bonds. The summed E-state index contributed by atoms with van der Waals surface area (Å²) in [4.78, 5) is 11.8. The summed E-state index contributed by atoms with van der Waals surface area (Å²) in [6.45, 7) is 4.59. The van der Waals surface area contributed by atoms with Gasteiger partial charge in [-0.15, -0.1) is 0 Å². The Morgan fingerprint density at radius 1 is 1.16 bits per heavy atom. The highest BCUT2D eigenvalue weighted by Gasteiger charge is 2.17. The molecule has 0 radical (unpaired) electrons. The number of nitrogens with one attached hydrogen (secondary N) is 1. The molecule has 0 atom stereocenters. The van der Waals surface area contributed by atoms with E-state index in [1.807, 2.05) is 38.1 Å². The molecule has 0 bridgehead atoms. The monoisotopic (exact) mass is 360 g/mol. The Morgan fingerprint density at radius 3 is 2.68 bits per heavy atom. The average molecular weight is 360 g/mol. The molecule has 132 valence electrons. The Kier molecular flexibility index (Phi) is 4.78. The summed E-state index contributed by atoms with van der Waals surface area (Å²) in [5.74, 6) is -0.487. The SMILES string of the molecule is CCn1c(=O)oc2cc(S(=O)(=O)NCCc3cccc(C)c3)ccc21. The first-order valence-corrected chi connectivity index (χ1v) is 9.57. The number of oxazole rings is 1. The van der Waals surface area contributed by atoms with Gasteiger partial charge in [0.25, 0.3) is 0 Å². The summed E-state index contributed by atoms with van der Waals surface area (Å²) >= 11 is 0. The van der Waals surface area contributed by atoms with E-state index in [0.29, 0.717) is 25.0 Å². The van der Waals surface area contributed by atoms with Crippen molar-refractivity contribution in [3.63, 3.8) is 0 Å². The highest BCUT2D eigenvalue weighted by Crippen LogP contribution is 2.18. The van der Waals surface area contributed by atoms with Crippen LogP contribution in [0.4, 0.5) is 0 Å². The molecule has 6 nitrogen and oxygen atoms in total. The molecule has 1 heterocycles. The first kappa shape index (κ1) is 17.4. The van der Waals surface area contributed by atoms with Crippen molar-refractivity contribution in [3.8, 4) is 0 Å². The molecule has 7 heteroatoms. The minimum absolute atomic E-state index is 0.0845. The smallest absolute Gasteiger partial charge is 0.408 e. The quantitative estimate of drug-likeness (QED) is 0.732. The molecule has 1 N–H and O–H groups in total. The molecule has 1 aromatic heterocycles. The predicted octanol–water partition coefficient (Wildman–Crippen LogP) is 2.44. The molecule has 0 spiro atoms. The molecule has 2 aromatic carbocycles. The van der Waals surface area contributed by atoms with Gasteiger partial charge >= 0.3 is 5.76 Å². The number of hydrogen-bond acceptors (Lipinski definition) is 4. The fraction of sp³-hybridized carbons (Fsp3) is 0.278. The van der Waals surface area contributed by atoms with E-state index < -0.39 is 15.8 Å². The van der Waals surface area contributed by atoms with Crippen molar-refractivity contribution < 1.29 is 12.8 Å². The molecular formula is C18H20N2O4S. The van der Waals surface area contributed by atoms with E-state index in [1.54, 1.807) is 6.07 Å². The zero-order valence-electron chi connectivity index (χ0n) is 14.2. The van der Waals surface area contributed by atoms with Crippen LogP contribution in [0.5, 0.6) is 0 Å². The van der Waals surface area contributed by atoms with E-state index in [2.05, 4.69) is 4.72 Å². The van der Waals surface area contributed by atoms with Gasteiger partial charge < -0.3 is 4.42 Å². The van der Waals surface area contributed by atoms with Gasteiger partial charge in [-0.1, -0.05) is 29.8 Å². The third-order valence-electron chi connectivity index (χ3n) is 4.05. The van der Waals surface area contributed by atoms with E-state index >= 15 is 0 Å². The van der Waals surface area contributed by atoms with Crippen LogP contribution in [0.15, 0.2) is 56.6 Å². The van der Waals surface area contributed by atoms with Gasteiger partial charge in [0.15, 0.2) is 5.58 Å². The molecule has 3 rings (SSSR count). The maximum absolute atomic E-state index is 12.5. The molecule has 0 saturated heterocycles. The normalized spacial score (nSPS) is 11.9. The summed E-state index contributed by atoms with van der Waals surface area (Å²) < 4.78 is 34.1. The second-order valence-electron chi connectivity index (χ2n) is 5.88. The molecule has 0 fully saturated rings. The third-order valence-corrected chi connectivity index (χ3v) is 5.51. The molecule has 25 heavy (non-hydrogen) atoms. The van der Waals surface area contributed by atoms with Crippen molar-refractivity contribution in [2.24, 2.45) is 0 Å². The fourth-order valence-corrected chi connectivity index (χ4v) is 3.84. The summed E-state index contributed by atoms with van der Waals surface area (Å²) in [6.07, 6.45) is 0.602. The zero-order valence-corrected chi connectivity index (χ0v) is 15.0. The molecule has 0 aliphatic rings. The summed E-state index contributed by atoms with van der Waals surface area (Å²) in [6, 6.07) is 12.4. The van der Waals surface area contributed by atoms with E-state index in [-0.39, 0.29) is 10.5 Å². The van der Waals surface area contributed by atoms with Crippen molar-refractivity contribution in [1.82, 2.24) is 9.29 Å². The van der Waals surface area contributed by atoms with Crippen molar-refractivity contribution in [1.29, 1.82) is 0 Å². The highest BCUT2D eigenvalue weighted by molar-refractivity contribution is 7.89. The van der Waals surface area contributed by atoms with Crippen LogP contribution in [0.3, 0.4) is 0 Å². The standard InChI is InChI=1S/C18H20N2O4S/c1-3-20-16-8-7-15(12-17(16)24-18(20)21)25(22,23)19-10-9-14-6-4-5-13(2)11-14/h4-8,11-12,19H,3,9-10H2,1-2H3. The molecule has 0 aliphatic heterocycles. The Balaban J connectivity index is 1.77. The first-order valence-electron chi connectivity index (χ1n) is 8.09. The lowest BCUT2D eigenvalue weighted by molar-refractivity contribution is 0.512. The second-order valence-corrected chi connectivity index (χ2v) is 7.65.